The Morgan fingerprint density at radius 1 is 1.30 bits per heavy atom. The minimum absolute atomic E-state index is 0.0662. The van der Waals surface area contributed by atoms with E-state index >= 15 is 0 Å². The van der Waals surface area contributed by atoms with Gasteiger partial charge in [0.1, 0.15) is 0 Å². The minimum atomic E-state index is -3.09. The highest BCUT2D eigenvalue weighted by atomic mass is 32.2. The van der Waals surface area contributed by atoms with Crippen LogP contribution in [0, 0.1) is 5.92 Å². The number of sulfonamides is 1. The first kappa shape index (κ1) is 13.8. The molecule has 3 rings (SSSR count). The Kier molecular flexibility index (Phi) is 3.41. The molecule has 0 N–H and O–H groups in total. The van der Waals surface area contributed by atoms with E-state index in [0.717, 1.165) is 36.9 Å². The standard InChI is InChI=1S/C13H19N3O3S/c1-20(18,19)15-7-10(8-15)9-16-13(17)6-11-4-2-3-5-12(11)14-16/h6,10H,2-5,7-9H2,1H3. The Balaban J connectivity index is 1.72. The number of nitrogens with zero attached hydrogens (tertiary/aromatic N) is 3. The summed E-state index contributed by atoms with van der Waals surface area (Å²) < 4.78 is 25.6. The number of hydrogen-bond acceptors (Lipinski definition) is 4. The second kappa shape index (κ2) is 4.96. The van der Waals surface area contributed by atoms with Gasteiger partial charge >= 0.3 is 0 Å². The third-order valence-corrected chi connectivity index (χ3v) is 5.33. The van der Waals surface area contributed by atoms with Gasteiger partial charge in [-0.25, -0.2) is 17.4 Å². The lowest BCUT2D eigenvalue weighted by atomic mass is 9.97. The van der Waals surface area contributed by atoms with Crippen molar-refractivity contribution < 1.29 is 8.42 Å². The first-order valence-corrected chi connectivity index (χ1v) is 8.83. The normalized spacial score (nSPS) is 20.4. The van der Waals surface area contributed by atoms with Crippen LogP contribution in [0.2, 0.25) is 0 Å². The van der Waals surface area contributed by atoms with Crippen molar-refractivity contribution in [2.75, 3.05) is 19.3 Å². The van der Waals surface area contributed by atoms with Crippen molar-refractivity contribution in [3.8, 4) is 0 Å². The number of aryl methyl sites for hydroxylation is 2. The lowest BCUT2D eigenvalue weighted by Gasteiger charge is -2.37. The average molecular weight is 297 g/mol. The average Bonchev–Trinajstić information content (AvgIpc) is 2.32. The van der Waals surface area contributed by atoms with Crippen molar-refractivity contribution in [3.63, 3.8) is 0 Å². The van der Waals surface area contributed by atoms with Gasteiger partial charge in [0.05, 0.1) is 18.5 Å². The molecule has 0 radical (unpaired) electrons. The second-order valence-electron chi connectivity index (χ2n) is 5.79. The molecule has 2 heterocycles. The van der Waals surface area contributed by atoms with E-state index < -0.39 is 10.0 Å². The first-order chi connectivity index (χ1) is 9.43. The van der Waals surface area contributed by atoms with Crippen LogP contribution in [0.15, 0.2) is 10.9 Å². The lowest BCUT2D eigenvalue weighted by molar-refractivity contribution is 0.173. The molecule has 20 heavy (non-hydrogen) atoms. The Morgan fingerprint density at radius 2 is 2.00 bits per heavy atom. The zero-order valence-electron chi connectivity index (χ0n) is 11.6. The van der Waals surface area contributed by atoms with E-state index in [1.807, 2.05) is 0 Å². The molecule has 1 aromatic heterocycles. The molecule has 7 heteroatoms. The number of rotatable bonds is 3. The smallest absolute Gasteiger partial charge is 0.267 e. The van der Waals surface area contributed by atoms with Gasteiger partial charge < -0.3 is 0 Å². The van der Waals surface area contributed by atoms with Gasteiger partial charge in [-0.2, -0.15) is 5.10 Å². The topological polar surface area (TPSA) is 72.3 Å². The molecular formula is C13H19N3O3S. The molecule has 0 aromatic carbocycles. The van der Waals surface area contributed by atoms with Crippen LogP contribution in [-0.4, -0.2) is 41.8 Å². The molecule has 0 spiro atoms. The molecule has 0 saturated carbocycles. The summed E-state index contributed by atoms with van der Waals surface area (Å²) in [5.41, 5.74) is 2.06. The van der Waals surface area contributed by atoms with Crippen LogP contribution in [-0.2, 0) is 29.4 Å². The van der Waals surface area contributed by atoms with Gasteiger partial charge in [-0.3, -0.25) is 4.79 Å². The second-order valence-corrected chi connectivity index (χ2v) is 7.77. The molecule has 1 saturated heterocycles. The van der Waals surface area contributed by atoms with Crippen molar-refractivity contribution in [2.24, 2.45) is 5.92 Å². The minimum Gasteiger partial charge on any atom is -0.268 e. The van der Waals surface area contributed by atoms with Crippen molar-refractivity contribution in [3.05, 3.63) is 27.7 Å². The van der Waals surface area contributed by atoms with Crippen LogP contribution in [0.25, 0.3) is 0 Å². The lowest BCUT2D eigenvalue weighted by Crippen LogP contribution is -2.51. The van der Waals surface area contributed by atoms with E-state index in [4.69, 9.17) is 0 Å². The SMILES string of the molecule is CS(=O)(=O)N1CC(Cn2nc3c(cc2=O)CCCC3)C1. The highest BCUT2D eigenvalue weighted by Gasteiger charge is 2.33. The van der Waals surface area contributed by atoms with Crippen molar-refractivity contribution in [2.45, 2.75) is 32.2 Å². The maximum absolute atomic E-state index is 12.0. The van der Waals surface area contributed by atoms with E-state index in [1.165, 1.54) is 15.2 Å². The van der Waals surface area contributed by atoms with Crippen molar-refractivity contribution in [1.82, 2.24) is 14.1 Å². The summed E-state index contributed by atoms with van der Waals surface area (Å²) in [6, 6.07) is 1.70. The number of aromatic nitrogens is 2. The number of hydrogen-bond donors (Lipinski definition) is 0. The molecule has 1 aliphatic heterocycles. The fourth-order valence-electron chi connectivity index (χ4n) is 2.89. The Labute approximate surface area is 118 Å². The van der Waals surface area contributed by atoms with Gasteiger partial charge in [0.2, 0.25) is 10.0 Å². The summed E-state index contributed by atoms with van der Waals surface area (Å²) >= 11 is 0. The predicted octanol–water partition coefficient (Wildman–Crippen LogP) is 0.0135. The van der Waals surface area contributed by atoms with E-state index in [0.29, 0.717) is 19.6 Å². The van der Waals surface area contributed by atoms with Crippen LogP contribution < -0.4 is 5.56 Å². The highest BCUT2D eigenvalue weighted by molar-refractivity contribution is 7.88. The van der Waals surface area contributed by atoms with Crippen LogP contribution in [0.5, 0.6) is 0 Å². The molecule has 0 bridgehead atoms. The molecular weight excluding hydrogens is 278 g/mol. The summed E-state index contributed by atoms with van der Waals surface area (Å²) in [6.07, 6.45) is 5.36. The largest absolute Gasteiger partial charge is 0.268 e. The first-order valence-electron chi connectivity index (χ1n) is 6.98. The maximum Gasteiger partial charge on any atom is 0.267 e. The van der Waals surface area contributed by atoms with Crippen molar-refractivity contribution in [1.29, 1.82) is 0 Å². The Hall–Kier alpha value is -1.21. The van der Waals surface area contributed by atoms with Crippen LogP contribution in [0.1, 0.15) is 24.1 Å². The summed E-state index contributed by atoms with van der Waals surface area (Å²) in [5.74, 6) is 0.191. The van der Waals surface area contributed by atoms with Crippen LogP contribution >= 0.6 is 0 Å². The molecule has 0 unspecified atom stereocenters. The zero-order valence-corrected chi connectivity index (χ0v) is 12.4. The zero-order chi connectivity index (χ0) is 14.3. The highest BCUT2D eigenvalue weighted by Crippen LogP contribution is 2.21. The molecule has 6 nitrogen and oxygen atoms in total. The Bertz CT molecular complexity index is 675. The fraction of sp³-hybridized carbons (Fsp3) is 0.692. The summed E-state index contributed by atoms with van der Waals surface area (Å²) in [6.45, 7) is 1.49. The van der Waals surface area contributed by atoms with Gasteiger partial charge in [0.25, 0.3) is 5.56 Å². The van der Waals surface area contributed by atoms with Crippen LogP contribution in [0.4, 0.5) is 0 Å². The number of fused-ring (bicyclic) bond motifs is 1. The van der Waals surface area contributed by atoms with Gasteiger partial charge in [-0.1, -0.05) is 0 Å². The van der Waals surface area contributed by atoms with E-state index in [9.17, 15) is 13.2 Å². The third-order valence-electron chi connectivity index (χ3n) is 4.10. The van der Waals surface area contributed by atoms with Gasteiger partial charge in [-0.05, 0) is 31.2 Å². The summed E-state index contributed by atoms with van der Waals surface area (Å²) in [7, 11) is -3.09. The van der Waals surface area contributed by atoms with Gasteiger partial charge in [0, 0.05) is 25.1 Å². The van der Waals surface area contributed by atoms with E-state index in [-0.39, 0.29) is 11.5 Å². The van der Waals surface area contributed by atoms with E-state index in [1.54, 1.807) is 6.07 Å². The molecule has 1 aliphatic carbocycles. The monoisotopic (exact) mass is 297 g/mol. The Morgan fingerprint density at radius 3 is 2.70 bits per heavy atom. The molecule has 0 amide bonds. The fourth-order valence-corrected chi connectivity index (χ4v) is 3.85. The molecule has 2 aliphatic rings. The van der Waals surface area contributed by atoms with Gasteiger partial charge in [-0.15, -0.1) is 0 Å². The van der Waals surface area contributed by atoms with Crippen LogP contribution in [0.3, 0.4) is 0 Å². The molecule has 1 aromatic rings. The third kappa shape index (κ3) is 2.64. The summed E-state index contributed by atoms with van der Waals surface area (Å²) in [4.78, 5) is 12.0. The van der Waals surface area contributed by atoms with Gasteiger partial charge in [0.15, 0.2) is 0 Å². The molecule has 110 valence electrons. The predicted molar refractivity (Wildman–Crippen MR) is 75.0 cm³/mol. The molecule has 1 fully saturated rings. The van der Waals surface area contributed by atoms with E-state index in [2.05, 4.69) is 5.10 Å². The maximum atomic E-state index is 12.0. The molecule has 0 atom stereocenters. The van der Waals surface area contributed by atoms with Crippen molar-refractivity contribution >= 4 is 10.0 Å². The quantitative estimate of drug-likeness (QED) is 0.788. The summed E-state index contributed by atoms with van der Waals surface area (Å²) in [5, 5.41) is 4.46.